The molecule has 6 nitrogen and oxygen atoms in total. The molecule has 0 spiro atoms. The average Bonchev–Trinajstić information content (AvgIpc) is 2.29. The number of thioether (sulfide) groups is 1. The number of anilines is 1. The van der Waals surface area contributed by atoms with Crippen LogP contribution in [0.3, 0.4) is 0 Å². The van der Waals surface area contributed by atoms with E-state index in [1.165, 1.54) is 30.0 Å². The van der Waals surface area contributed by atoms with Crippen molar-refractivity contribution in [1.29, 1.82) is 0 Å². The lowest BCUT2D eigenvalue weighted by Crippen LogP contribution is -2.04. The first kappa shape index (κ1) is 14.3. The van der Waals surface area contributed by atoms with E-state index in [-0.39, 0.29) is 18.1 Å². The summed E-state index contributed by atoms with van der Waals surface area (Å²) in [5.41, 5.74) is 6.04. The lowest BCUT2D eigenvalue weighted by Gasteiger charge is -2.04. The van der Waals surface area contributed by atoms with E-state index in [1.807, 2.05) is 0 Å². The largest absolute Gasteiger partial charge is 0.466 e. The number of ether oxygens (including phenoxy) is 1. The van der Waals surface area contributed by atoms with Crippen molar-refractivity contribution < 1.29 is 14.5 Å². The molecule has 0 aromatic heterocycles. The smallest absolute Gasteiger partial charge is 0.306 e. The van der Waals surface area contributed by atoms with E-state index < -0.39 is 4.92 Å². The van der Waals surface area contributed by atoms with Gasteiger partial charge in [-0.2, -0.15) is 0 Å². The maximum Gasteiger partial charge on any atom is 0.306 e. The summed E-state index contributed by atoms with van der Waals surface area (Å²) in [7, 11) is 0. The molecular formula is C11H14N2O4S. The van der Waals surface area contributed by atoms with Gasteiger partial charge in [0.15, 0.2) is 0 Å². The van der Waals surface area contributed by atoms with Gasteiger partial charge in [0, 0.05) is 17.5 Å². The van der Waals surface area contributed by atoms with Gasteiger partial charge in [0.05, 0.1) is 22.8 Å². The number of nitrogens with zero attached hydrogens (tertiary/aromatic N) is 1. The molecule has 0 aliphatic rings. The summed E-state index contributed by atoms with van der Waals surface area (Å²) in [6.07, 6.45) is 0.213. The number of esters is 1. The van der Waals surface area contributed by atoms with E-state index in [9.17, 15) is 14.9 Å². The summed E-state index contributed by atoms with van der Waals surface area (Å²) in [5.74, 6) is 0.111. The molecule has 0 aliphatic heterocycles. The highest BCUT2D eigenvalue weighted by Gasteiger charge is 2.14. The maximum atomic E-state index is 11.1. The monoisotopic (exact) mass is 270 g/mol. The number of nitrogen functional groups attached to an aromatic ring is 1. The van der Waals surface area contributed by atoms with Crippen LogP contribution >= 0.6 is 11.8 Å². The Labute approximate surface area is 109 Å². The fourth-order valence-electron chi connectivity index (χ4n) is 1.27. The number of nitrogens with two attached hydrogens (primary N) is 1. The summed E-state index contributed by atoms with van der Waals surface area (Å²) in [4.78, 5) is 21.9. The number of rotatable bonds is 6. The first-order valence-corrected chi connectivity index (χ1v) is 6.35. The molecule has 0 atom stereocenters. The molecule has 1 aromatic carbocycles. The van der Waals surface area contributed by atoms with Gasteiger partial charge in [-0.3, -0.25) is 14.9 Å². The average molecular weight is 270 g/mol. The lowest BCUT2D eigenvalue weighted by atomic mass is 10.3. The van der Waals surface area contributed by atoms with E-state index in [4.69, 9.17) is 10.5 Å². The summed E-state index contributed by atoms with van der Waals surface area (Å²) in [5, 5.41) is 10.8. The number of carbonyl (C=O) groups excluding carboxylic acids is 1. The van der Waals surface area contributed by atoms with Crippen LogP contribution in [0.25, 0.3) is 0 Å². The van der Waals surface area contributed by atoms with Crippen LogP contribution in [0, 0.1) is 10.1 Å². The van der Waals surface area contributed by atoms with Crippen molar-refractivity contribution in [1.82, 2.24) is 0 Å². The van der Waals surface area contributed by atoms with Crippen molar-refractivity contribution in [2.24, 2.45) is 0 Å². The van der Waals surface area contributed by atoms with Crippen LogP contribution in [0.15, 0.2) is 23.1 Å². The van der Waals surface area contributed by atoms with Gasteiger partial charge in [0.2, 0.25) is 0 Å². The van der Waals surface area contributed by atoms with Gasteiger partial charge in [-0.1, -0.05) is 0 Å². The molecule has 0 unspecified atom stereocenters. The fraction of sp³-hybridized carbons (Fsp3) is 0.364. The number of benzene rings is 1. The second-order valence-corrected chi connectivity index (χ2v) is 4.52. The maximum absolute atomic E-state index is 11.1. The summed E-state index contributed by atoms with van der Waals surface area (Å²) in [6, 6.07) is 4.38. The van der Waals surface area contributed by atoms with Crippen molar-refractivity contribution in [2.45, 2.75) is 18.2 Å². The zero-order chi connectivity index (χ0) is 13.5. The number of hydrogen-bond acceptors (Lipinski definition) is 6. The molecule has 0 saturated carbocycles. The molecular weight excluding hydrogens is 256 g/mol. The molecule has 0 bridgehead atoms. The molecule has 7 heteroatoms. The molecule has 2 N–H and O–H groups in total. The third-order valence-electron chi connectivity index (χ3n) is 2.05. The van der Waals surface area contributed by atoms with E-state index in [2.05, 4.69) is 0 Å². The fourth-order valence-corrected chi connectivity index (χ4v) is 2.27. The van der Waals surface area contributed by atoms with Gasteiger partial charge < -0.3 is 10.5 Å². The zero-order valence-electron chi connectivity index (χ0n) is 9.92. The van der Waals surface area contributed by atoms with Gasteiger partial charge in [0.1, 0.15) is 0 Å². The van der Waals surface area contributed by atoms with E-state index in [1.54, 1.807) is 6.92 Å². The molecule has 0 saturated heterocycles. The Kier molecular flexibility index (Phi) is 5.44. The second-order valence-electron chi connectivity index (χ2n) is 3.39. The summed E-state index contributed by atoms with van der Waals surface area (Å²) in [6.45, 7) is 2.07. The number of hydrogen-bond donors (Lipinski definition) is 1. The Balaban J connectivity index is 2.63. The quantitative estimate of drug-likeness (QED) is 0.280. The van der Waals surface area contributed by atoms with Gasteiger partial charge in [-0.15, -0.1) is 11.8 Å². The first-order chi connectivity index (χ1) is 8.54. The molecule has 98 valence electrons. The number of carbonyl (C=O) groups is 1. The predicted octanol–water partition coefficient (Wildman–Crippen LogP) is 2.22. The van der Waals surface area contributed by atoms with E-state index in [0.717, 1.165) is 0 Å². The van der Waals surface area contributed by atoms with E-state index >= 15 is 0 Å². The summed E-state index contributed by atoms with van der Waals surface area (Å²) < 4.78 is 4.77. The van der Waals surface area contributed by atoms with Gasteiger partial charge in [0.25, 0.3) is 5.69 Å². The third kappa shape index (κ3) is 4.25. The van der Waals surface area contributed by atoms with Crippen LogP contribution in [-0.2, 0) is 9.53 Å². The van der Waals surface area contributed by atoms with Crippen molar-refractivity contribution in [3.63, 3.8) is 0 Å². The van der Waals surface area contributed by atoms with Crippen LogP contribution in [0.2, 0.25) is 0 Å². The van der Waals surface area contributed by atoms with Crippen molar-refractivity contribution in [3.8, 4) is 0 Å². The Morgan fingerprint density at radius 3 is 2.89 bits per heavy atom. The number of nitro benzene ring substituents is 1. The predicted molar refractivity (Wildman–Crippen MR) is 69.5 cm³/mol. The molecule has 0 fully saturated rings. The summed E-state index contributed by atoms with van der Waals surface area (Å²) >= 11 is 1.22. The highest BCUT2D eigenvalue weighted by molar-refractivity contribution is 7.99. The molecule has 1 aromatic rings. The molecule has 0 amide bonds. The molecule has 0 aliphatic carbocycles. The Morgan fingerprint density at radius 2 is 2.28 bits per heavy atom. The van der Waals surface area contributed by atoms with Crippen LogP contribution in [0.5, 0.6) is 0 Å². The molecule has 1 rings (SSSR count). The zero-order valence-corrected chi connectivity index (χ0v) is 10.7. The van der Waals surface area contributed by atoms with Crippen LogP contribution in [0.4, 0.5) is 11.4 Å². The Morgan fingerprint density at radius 1 is 1.56 bits per heavy atom. The van der Waals surface area contributed by atoms with Gasteiger partial charge in [-0.25, -0.2) is 0 Å². The minimum Gasteiger partial charge on any atom is -0.466 e. The van der Waals surface area contributed by atoms with Crippen molar-refractivity contribution in [3.05, 3.63) is 28.3 Å². The standard InChI is InChI=1S/C11H14N2O4S/c1-2-17-11(14)5-6-18-10-7-8(12)3-4-9(10)13(15)16/h3-4,7H,2,5-6,12H2,1H3. The first-order valence-electron chi connectivity index (χ1n) is 5.37. The molecule has 18 heavy (non-hydrogen) atoms. The Bertz CT molecular complexity index is 451. The van der Waals surface area contributed by atoms with E-state index in [0.29, 0.717) is 22.9 Å². The minimum absolute atomic E-state index is 0.00180. The molecule has 0 radical (unpaired) electrons. The second kappa shape index (κ2) is 6.85. The molecule has 0 heterocycles. The van der Waals surface area contributed by atoms with Crippen LogP contribution < -0.4 is 5.73 Å². The Hall–Kier alpha value is -1.76. The van der Waals surface area contributed by atoms with Crippen molar-refractivity contribution >= 4 is 29.1 Å². The van der Waals surface area contributed by atoms with Crippen LogP contribution in [0.1, 0.15) is 13.3 Å². The topological polar surface area (TPSA) is 95.5 Å². The minimum atomic E-state index is -0.466. The SMILES string of the molecule is CCOC(=O)CCSc1cc(N)ccc1[N+](=O)[O-]. The van der Waals surface area contributed by atoms with Gasteiger partial charge in [-0.05, 0) is 19.1 Å². The normalized spacial score (nSPS) is 10.1. The highest BCUT2D eigenvalue weighted by Crippen LogP contribution is 2.31. The van der Waals surface area contributed by atoms with Gasteiger partial charge >= 0.3 is 5.97 Å². The van der Waals surface area contributed by atoms with Crippen molar-refractivity contribution in [2.75, 3.05) is 18.1 Å². The number of nitro groups is 1. The lowest BCUT2D eigenvalue weighted by molar-refractivity contribution is -0.387. The highest BCUT2D eigenvalue weighted by atomic mass is 32.2. The van der Waals surface area contributed by atoms with Crippen LogP contribution in [-0.4, -0.2) is 23.3 Å². The third-order valence-corrected chi connectivity index (χ3v) is 3.10.